The highest BCUT2D eigenvalue weighted by molar-refractivity contribution is 5.99. The van der Waals surface area contributed by atoms with Crippen LogP contribution in [0.25, 0.3) is 5.65 Å². The lowest BCUT2D eigenvalue weighted by Gasteiger charge is -2.32. The van der Waals surface area contributed by atoms with Crippen LogP contribution in [0.4, 0.5) is 0 Å². The van der Waals surface area contributed by atoms with Gasteiger partial charge in [-0.2, -0.15) is 5.10 Å². The van der Waals surface area contributed by atoms with Crippen molar-refractivity contribution in [1.82, 2.24) is 24.8 Å². The van der Waals surface area contributed by atoms with E-state index in [1.165, 1.54) is 6.20 Å². The number of hydrogen-bond acceptors (Lipinski definition) is 6. The number of morpholine rings is 1. The Bertz CT molecular complexity index is 711. The van der Waals surface area contributed by atoms with E-state index in [0.717, 1.165) is 38.3 Å². The summed E-state index contributed by atoms with van der Waals surface area (Å²) in [6.45, 7) is 6.30. The second-order valence-electron chi connectivity index (χ2n) is 6.30. The van der Waals surface area contributed by atoms with E-state index >= 15 is 0 Å². The molecule has 136 valence electrons. The molecule has 2 N–H and O–H groups in total. The fourth-order valence-electron chi connectivity index (χ4n) is 3.02. The van der Waals surface area contributed by atoms with E-state index < -0.39 is 0 Å². The second kappa shape index (κ2) is 8.37. The molecule has 1 atom stereocenters. The van der Waals surface area contributed by atoms with Gasteiger partial charge in [0.2, 0.25) is 0 Å². The van der Waals surface area contributed by atoms with Gasteiger partial charge in [-0.05, 0) is 25.3 Å². The summed E-state index contributed by atoms with van der Waals surface area (Å²) in [7, 11) is 0. The molecule has 0 saturated carbocycles. The summed E-state index contributed by atoms with van der Waals surface area (Å²) in [4.78, 5) is 19.1. The first-order valence-corrected chi connectivity index (χ1v) is 8.72. The van der Waals surface area contributed by atoms with Crippen molar-refractivity contribution in [1.29, 1.82) is 0 Å². The minimum atomic E-state index is -0.161. The molecule has 3 heterocycles. The van der Waals surface area contributed by atoms with Crippen LogP contribution in [0.5, 0.6) is 0 Å². The van der Waals surface area contributed by atoms with Crippen LogP contribution < -0.4 is 5.32 Å². The summed E-state index contributed by atoms with van der Waals surface area (Å²) in [6.07, 6.45) is 6.40. The number of carbonyl (C=O) groups excluding carboxylic acids is 1. The third-order valence-corrected chi connectivity index (χ3v) is 4.57. The average Bonchev–Trinajstić information content (AvgIpc) is 3.06. The molecule has 0 aromatic carbocycles. The molecule has 0 radical (unpaired) electrons. The number of rotatable bonds is 7. The highest BCUT2D eigenvalue weighted by atomic mass is 16.5. The Balaban J connectivity index is 1.55. The minimum absolute atomic E-state index is 0.0587. The standard InChI is InChI=1S/C17H25N5O3/c1-13(21-5-8-25-9-6-21)2-4-18-17(24)15-11-20-22-12-14(3-7-23)10-19-16(15)22/h10-13,23H,2-9H2,1H3,(H,18,24)/t13-/m1/s1. The predicted octanol–water partition coefficient (Wildman–Crippen LogP) is 0.105. The number of carbonyl (C=O) groups is 1. The summed E-state index contributed by atoms with van der Waals surface area (Å²) in [5.41, 5.74) is 1.87. The predicted molar refractivity (Wildman–Crippen MR) is 92.6 cm³/mol. The fraction of sp³-hybridized carbons (Fsp3) is 0.588. The maximum absolute atomic E-state index is 12.4. The van der Waals surface area contributed by atoms with Gasteiger partial charge in [-0.25, -0.2) is 9.50 Å². The number of aliphatic hydroxyl groups is 1. The van der Waals surface area contributed by atoms with Crippen molar-refractivity contribution in [3.8, 4) is 0 Å². The lowest BCUT2D eigenvalue weighted by molar-refractivity contribution is 0.0187. The number of nitrogens with one attached hydrogen (secondary N) is 1. The molecule has 0 aliphatic carbocycles. The molecule has 1 amide bonds. The first-order valence-electron chi connectivity index (χ1n) is 8.72. The Morgan fingerprint density at radius 3 is 2.96 bits per heavy atom. The molecule has 8 nitrogen and oxygen atoms in total. The molecule has 25 heavy (non-hydrogen) atoms. The van der Waals surface area contributed by atoms with E-state index in [1.807, 2.05) is 0 Å². The van der Waals surface area contributed by atoms with Crippen molar-refractivity contribution in [2.75, 3.05) is 39.5 Å². The lowest BCUT2D eigenvalue weighted by Crippen LogP contribution is -2.43. The number of ether oxygens (including phenoxy) is 1. The first-order chi connectivity index (χ1) is 12.2. The van der Waals surface area contributed by atoms with E-state index in [2.05, 4.69) is 27.2 Å². The molecule has 1 fully saturated rings. The molecule has 0 spiro atoms. The maximum Gasteiger partial charge on any atom is 0.256 e. The number of fused-ring (bicyclic) bond motifs is 1. The van der Waals surface area contributed by atoms with Crippen LogP contribution in [0.1, 0.15) is 29.3 Å². The Kier molecular flexibility index (Phi) is 5.95. The van der Waals surface area contributed by atoms with E-state index in [-0.39, 0.29) is 12.5 Å². The van der Waals surface area contributed by atoms with Gasteiger partial charge in [0, 0.05) is 44.7 Å². The second-order valence-corrected chi connectivity index (χ2v) is 6.30. The molecular formula is C17H25N5O3. The monoisotopic (exact) mass is 347 g/mol. The van der Waals surface area contributed by atoms with Crippen LogP contribution in [0.2, 0.25) is 0 Å². The number of nitrogens with zero attached hydrogens (tertiary/aromatic N) is 4. The lowest BCUT2D eigenvalue weighted by atomic mass is 10.2. The highest BCUT2D eigenvalue weighted by Gasteiger charge is 2.18. The summed E-state index contributed by atoms with van der Waals surface area (Å²) in [5, 5.41) is 16.1. The summed E-state index contributed by atoms with van der Waals surface area (Å²) >= 11 is 0. The van der Waals surface area contributed by atoms with Gasteiger partial charge in [-0.15, -0.1) is 0 Å². The van der Waals surface area contributed by atoms with E-state index in [9.17, 15) is 4.79 Å². The number of aromatic nitrogens is 3. The Hall–Kier alpha value is -2.03. The van der Waals surface area contributed by atoms with Crippen LogP contribution in [0, 0.1) is 0 Å². The van der Waals surface area contributed by atoms with Crippen molar-refractivity contribution in [3.63, 3.8) is 0 Å². The number of hydrogen-bond donors (Lipinski definition) is 2. The molecule has 2 aromatic rings. The Morgan fingerprint density at radius 2 is 2.20 bits per heavy atom. The van der Waals surface area contributed by atoms with E-state index in [4.69, 9.17) is 9.84 Å². The van der Waals surface area contributed by atoms with Gasteiger partial charge in [0.05, 0.1) is 19.4 Å². The van der Waals surface area contributed by atoms with Crippen LogP contribution in [-0.4, -0.2) is 76.0 Å². The Labute approximate surface area is 146 Å². The van der Waals surface area contributed by atoms with Crippen LogP contribution in [-0.2, 0) is 11.2 Å². The van der Waals surface area contributed by atoms with E-state index in [0.29, 0.717) is 30.2 Å². The molecule has 0 unspecified atom stereocenters. The molecule has 1 saturated heterocycles. The van der Waals surface area contributed by atoms with Gasteiger partial charge >= 0.3 is 0 Å². The summed E-state index contributed by atoms with van der Waals surface area (Å²) in [6, 6.07) is 0.410. The fourth-order valence-corrected chi connectivity index (χ4v) is 3.02. The number of aliphatic hydroxyl groups excluding tert-OH is 1. The SMILES string of the molecule is C[C@H](CCNC(=O)c1cnn2cc(CCO)cnc12)N1CCOCC1. The van der Waals surface area contributed by atoms with Gasteiger partial charge in [-0.1, -0.05) is 0 Å². The highest BCUT2D eigenvalue weighted by Crippen LogP contribution is 2.10. The van der Waals surface area contributed by atoms with E-state index in [1.54, 1.807) is 16.9 Å². The third-order valence-electron chi connectivity index (χ3n) is 4.57. The summed E-state index contributed by atoms with van der Waals surface area (Å²) < 4.78 is 6.94. The molecule has 8 heteroatoms. The van der Waals surface area contributed by atoms with Crippen LogP contribution in [0.3, 0.4) is 0 Å². The minimum Gasteiger partial charge on any atom is -0.396 e. The van der Waals surface area contributed by atoms with Crippen molar-refractivity contribution in [2.45, 2.75) is 25.8 Å². The van der Waals surface area contributed by atoms with Crippen molar-refractivity contribution in [3.05, 3.63) is 29.7 Å². The van der Waals surface area contributed by atoms with Crippen molar-refractivity contribution >= 4 is 11.6 Å². The number of amides is 1. The van der Waals surface area contributed by atoms with Crippen molar-refractivity contribution < 1.29 is 14.6 Å². The zero-order valence-corrected chi connectivity index (χ0v) is 14.5. The summed E-state index contributed by atoms with van der Waals surface area (Å²) in [5.74, 6) is -0.161. The molecule has 1 aliphatic rings. The quantitative estimate of drug-likeness (QED) is 0.738. The van der Waals surface area contributed by atoms with Crippen molar-refractivity contribution in [2.24, 2.45) is 0 Å². The molecule has 1 aliphatic heterocycles. The molecule has 0 bridgehead atoms. The van der Waals surface area contributed by atoms with Gasteiger partial charge in [0.25, 0.3) is 5.91 Å². The normalized spacial score (nSPS) is 16.9. The van der Waals surface area contributed by atoms with Crippen LogP contribution in [0.15, 0.2) is 18.6 Å². The average molecular weight is 347 g/mol. The van der Waals surface area contributed by atoms with Gasteiger partial charge in [-0.3, -0.25) is 9.69 Å². The van der Waals surface area contributed by atoms with Gasteiger partial charge in [0.1, 0.15) is 5.56 Å². The molecular weight excluding hydrogens is 322 g/mol. The maximum atomic E-state index is 12.4. The van der Waals surface area contributed by atoms with Crippen LogP contribution >= 0.6 is 0 Å². The Morgan fingerprint density at radius 1 is 1.40 bits per heavy atom. The third kappa shape index (κ3) is 4.33. The molecule has 3 rings (SSSR count). The zero-order valence-electron chi connectivity index (χ0n) is 14.5. The topological polar surface area (TPSA) is 92.0 Å². The smallest absolute Gasteiger partial charge is 0.256 e. The van der Waals surface area contributed by atoms with Gasteiger partial charge < -0.3 is 15.2 Å². The van der Waals surface area contributed by atoms with Gasteiger partial charge in [0.15, 0.2) is 5.65 Å². The zero-order chi connectivity index (χ0) is 17.6. The largest absolute Gasteiger partial charge is 0.396 e. The molecule has 2 aromatic heterocycles. The first kappa shape index (κ1) is 17.8.